The highest BCUT2D eigenvalue weighted by Gasteiger charge is 2.23. The molecule has 6 nitrogen and oxygen atoms in total. The fourth-order valence-corrected chi connectivity index (χ4v) is 3.39. The minimum Gasteiger partial charge on any atom is -0.354 e. The molecule has 0 bridgehead atoms. The molecule has 0 saturated heterocycles. The molecule has 0 aliphatic rings. The van der Waals surface area contributed by atoms with Crippen LogP contribution in [0.5, 0.6) is 0 Å². The van der Waals surface area contributed by atoms with Gasteiger partial charge in [-0.1, -0.05) is 24.8 Å². The number of aromatic nitrogens is 2. The molecule has 0 radical (unpaired) electrons. The summed E-state index contributed by atoms with van der Waals surface area (Å²) in [5.41, 5.74) is 0.355. The first kappa shape index (κ1) is 14.7. The number of rotatable bonds is 6. The third kappa shape index (κ3) is 3.45. The van der Waals surface area contributed by atoms with Gasteiger partial charge >= 0.3 is 5.69 Å². The van der Waals surface area contributed by atoms with Crippen molar-refractivity contribution >= 4 is 34.7 Å². The van der Waals surface area contributed by atoms with Crippen LogP contribution in [0.3, 0.4) is 0 Å². The average molecular weight is 310 g/mol. The van der Waals surface area contributed by atoms with Crippen molar-refractivity contribution in [2.45, 2.75) is 29.5 Å². The Morgan fingerprint density at radius 1 is 1.50 bits per heavy atom. The van der Waals surface area contributed by atoms with Crippen LogP contribution in [0.1, 0.15) is 19.0 Å². The largest absolute Gasteiger partial charge is 0.354 e. The van der Waals surface area contributed by atoms with E-state index in [4.69, 9.17) is 0 Å². The summed E-state index contributed by atoms with van der Waals surface area (Å²) in [6.45, 7) is 4.41. The fraction of sp³-hybridized carbons (Fsp3) is 0.333. The van der Waals surface area contributed by atoms with Gasteiger partial charge < -0.3 is 5.32 Å². The molecule has 0 aliphatic carbocycles. The number of thiophene rings is 1. The van der Waals surface area contributed by atoms with E-state index in [2.05, 4.69) is 15.3 Å². The van der Waals surface area contributed by atoms with Crippen molar-refractivity contribution < 1.29 is 4.92 Å². The smallest absolute Gasteiger partial charge is 0.322 e. The lowest BCUT2D eigenvalue weighted by Gasteiger charge is -2.07. The molecule has 0 aromatic carbocycles. The van der Waals surface area contributed by atoms with E-state index >= 15 is 0 Å². The van der Waals surface area contributed by atoms with Gasteiger partial charge in [0.05, 0.1) is 9.13 Å². The molecule has 2 heterocycles. The number of aryl methyl sites for hydroxylation is 1. The quantitative estimate of drug-likeness (QED) is 0.497. The summed E-state index contributed by atoms with van der Waals surface area (Å²) in [5.74, 6) is 0.439. The van der Waals surface area contributed by atoms with Crippen LogP contribution < -0.4 is 5.32 Å². The van der Waals surface area contributed by atoms with Gasteiger partial charge in [-0.3, -0.25) is 10.1 Å². The summed E-state index contributed by atoms with van der Waals surface area (Å²) in [7, 11) is 0. The van der Waals surface area contributed by atoms with Crippen LogP contribution in [-0.2, 0) is 0 Å². The van der Waals surface area contributed by atoms with Crippen molar-refractivity contribution in [2.24, 2.45) is 0 Å². The number of hydrogen-bond donors (Lipinski definition) is 1. The second kappa shape index (κ2) is 6.67. The number of nitrogens with one attached hydrogen (secondary N) is 1. The van der Waals surface area contributed by atoms with Gasteiger partial charge in [0.2, 0.25) is 5.95 Å². The summed E-state index contributed by atoms with van der Waals surface area (Å²) in [5, 5.41) is 16.6. The fourth-order valence-electron chi connectivity index (χ4n) is 1.55. The van der Waals surface area contributed by atoms with Crippen LogP contribution in [0.25, 0.3) is 0 Å². The Labute approximate surface area is 124 Å². The first-order valence-corrected chi connectivity index (χ1v) is 7.79. The maximum absolute atomic E-state index is 11.2. The first-order chi connectivity index (χ1) is 9.61. The highest BCUT2D eigenvalue weighted by atomic mass is 32.2. The molecule has 0 aliphatic heterocycles. The van der Waals surface area contributed by atoms with E-state index in [1.54, 1.807) is 6.92 Å². The Bertz CT molecular complexity index is 602. The van der Waals surface area contributed by atoms with E-state index < -0.39 is 4.92 Å². The van der Waals surface area contributed by atoms with Crippen molar-refractivity contribution in [1.29, 1.82) is 0 Å². The number of nitro groups is 1. The lowest BCUT2D eigenvalue weighted by molar-refractivity contribution is -0.389. The first-order valence-electron chi connectivity index (χ1n) is 6.10. The molecule has 2 rings (SSSR count). The second-order valence-corrected chi connectivity index (χ2v) is 6.24. The molecule has 0 unspecified atom stereocenters. The molecule has 2 aromatic rings. The molecule has 2 aromatic heterocycles. The van der Waals surface area contributed by atoms with Gasteiger partial charge in [-0.25, -0.2) is 4.98 Å². The van der Waals surface area contributed by atoms with Gasteiger partial charge in [0.1, 0.15) is 5.69 Å². The summed E-state index contributed by atoms with van der Waals surface area (Å²) >= 11 is 2.82. The van der Waals surface area contributed by atoms with E-state index in [1.807, 2.05) is 24.4 Å². The summed E-state index contributed by atoms with van der Waals surface area (Å²) in [6, 6.07) is 3.82. The summed E-state index contributed by atoms with van der Waals surface area (Å²) in [6.07, 6.45) is 0.937. The topological polar surface area (TPSA) is 81.0 Å². The highest BCUT2D eigenvalue weighted by Crippen LogP contribution is 2.37. The third-order valence-corrected chi connectivity index (χ3v) is 4.45. The van der Waals surface area contributed by atoms with Crippen LogP contribution in [0.4, 0.5) is 11.6 Å². The van der Waals surface area contributed by atoms with Crippen LogP contribution in [0.2, 0.25) is 0 Å². The zero-order chi connectivity index (χ0) is 14.5. The third-order valence-electron chi connectivity index (χ3n) is 2.43. The van der Waals surface area contributed by atoms with Gasteiger partial charge in [0, 0.05) is 6.54 Å². The molecular weight excluding hydrogens is 296 g/mol. The van der Waals surface area contributed by atoms with Crippen molar-refractivity contribution in [3.63, 3.8) is 0 Å². The van der Waals surface area contributed by atoms with Crippen LogP contribution in [0, 0.1) is 17.0 Å². The zero-order valence-electron chi connectivity index (χ0n) is 11.1. The Balaban J connectivity index is 2.38. The molecule has 0 fully saturated rings. The summed E-state index contributed by atoms with van der Waals surface area (Å²) in [4.78, 5) is 19.2. The number of anilines is 1. The van der Waals surface area contributed by atoms with Crippen LogP contribution in [-0.4, -0.2) is 21.4 Å². The highest BCUT2D eigenvalue weighted by molar-refractivity contribution is 8.01. The Kier molecular flexibility index (Phi) is 4.91. The molecular formula is C12H14N4O2S2. The minimum absolute atomic E-state index is 0.0227. The molecule has 0 saturated carbocycles. The van der Waals surface area contributed by atoms with Gasteiger partial charge in [-0.05, 0) is 24.8 Å². The molecule has 0 amide bonds. The van der Waals surface area contributed by atoms with E-state index in [9.17, 15) is 10.1 Å². The van der Waals surface area contributed by atoms with Gasteiger partial charge in [-0.15, -0.1) is 11.3 Å². The van der Waals surface area contributed by atoms with E-state index in [0.29, 0.717) is 16.7 Å². The van der Waals surface area contributed by atoms with Crippen molar-refractivity contribution in [2.75, 3.05) is 11.9 Å². The number of hydrogen-bond acceptors (Lipinski definition) is 7. The summed E-state index contributed by atoms with van der Waals surface area (Å²) < 4.78 is 0.965. The predicted octanol–water partition coefficient (Wildman–Crippen LogP) is 3.73. The molecule has 1 N–H and O–H groups in total. The van der Waals surface area contributed by atoms with E-state index in [-0.39, 0.29) is 5.69 Å². The van der Waals surface area contributed by atoms with Crippen molar-refractivity contribution in [3.8, 4) is 0 Å². The van der Waals surface area contributed by atoms with E-state index in [1.165, 1.54) is 23.1 Å². The molecule has 0 spiro atoms. The van der Waals surface area contributed by atoms with Crippen LogP contribution >= 0.6 is 23.1 Å². The molecule has 0 atom stereocenters. The Morgan fingerprint density at radius 3 is 2.90 bits per heavy atom. The lowest BCUT2D eigenvalue weighted by Crippen LogP contribution is -2.08. The van der Waals surface area contributed by atoms with Gasteiger partial charge in [0.15, 0.2) is 5.03 Å². The maximum Gasteiger partial charge on any atom is 0.322 e. The minimum atomic E-state index is -0.422. The van der Waals surface area contributed by atoms with E-state index in [0.717, 1.165) is 17.2 Å². The number of nitrogens with zero attached hydrogens (tertiary/aromatic N) is 3. The normalized spacial score (nSPS) is 10.5. The van der Waals surface area contributed by atoms with Gasteiger partial charge in [0.25, 0.3) is 0 Å². The predicted molar refractivity (Wildman–Crippen MR) is 80.6 cm³/mol. The van der Waals surface area contributed by atoms with Crippen LogP contribution in [0.15, 0.2) is 26.7 Å². The van der Waals surface area contributed by atoms with Gasteiger partial charge in [-0.2, -0.15) is 4.98 Å². The Morgan fingerprint density at radius 2 is 2.30 bits per heavy atom. The van der Waals surface area contributed by atoms with Crippen molar-refractivity contribution in [1.82, 2.24) is 9.97 Å². The average Bonchev–Trinajstić information content (AvgIpc) is 2.88. The second-order valence-electron chi connectivity index (χ2n) is 4.00. The monoisotopic (exact) mass is 310 g/mol. The Hall–Kier alpha value is -1.67. The zero-order valence-corrected chi connectivity index (χ0v) is 12.8. The lowest BCUT2D eigenvalue weighted by atomic mass is 10.4. The standard InChI is InChI=1S/C12H14N4O2S2/c1-3-6-13-12-14-8(2)10(16(17)18)11(15-12)20-9-5-4-7-19-9/h4-5,7H,3,6H2,1-2H3,(H,13,14,15). The van der Waals surface area contributed by atoms with Crippen molar-refractivity contribution in [3.05, 3.63) is 33.3 Å². The SMILES string of the molecule is CCCNc1nc(C)c([N+](=O)[O-])c(Sc2cccs2)n1. The maximum atomic E-state index is 11.2. The molecule has 106 valence electrons. The molecule has 8 heteroatoms. The molecule has 20 heavy (non-hydrogen) atoms.